The van der Waals surface area contributed by atoms with Crippen LogP contribution in [0.1, 0.15) is 5.56 Å². The fourth-order valence-electron chi connectivity index (χ4n) is 1.36. The maximum absolute atomic E-state index is 5.60. The fourth-order valence-corrected chi connectivity index (χ4v) is 1.36. The first-order valence-corrected chi connectivity index (χ1v) is 4.62. The monoisotopic (exact) mass is 200 g/mol. The molecule has 76 valence electrons. The Morgan fingerprint density at radius 1 is 1.13 bits per heavy atom. The van der Waals surface area contributed by atoms with Crippen LogP contribution in [-0.2, 0) is 0 Å². The summed E-state index contributed by atoms with van der Waals surface area (Å²) in [7, 11) is 0. The Morgan fingerprint density at radius 3 is 2.60 bits per heavy atom. The first-order valence-electron chi connectivity index (χ1n) is 4.62. The smallest absolute Gasteiger partial charge is 0.166 e. The zero-order chi connectivity index (χ0) is 10.8. The summed E-state index contributed by atoms with van der Waals surface area (Å²) in [6.07, 6.45) is 1.63. The molecule has 0 spiro atoms. The topological polar surface area (TPSA) is 77.8 Å². The first-order chi connectivity index (χ1) is 7.16. The minimum atomic E-state index is 0.270. The summed E-state index contributed by atoms with van der Waals surface area (Å²) >= 11 is 0. The summed E-state index contributed by atoms with van der Waals surface area (Å²) in [6.45, 7) is 2.03. The van der Waals surface area contributed by atoms with Crippen molar-refractivity contribution in [3.8, 4) is 11.3 Å². The SMILES string of the molecule is Cc1cccc(-c2cnc(N)c(N)n2)c1. The van der Waals surface area contributed by atoms with Gasteiger partial charge in [0.2, 0.25) is 0 Å². The lowest BCUT2D eigenvalue weighted by Crippen LogP contribution is -2.01. The van der Waals surface area contributed by atoms with E-state index in [1.54, 1.807) is 6.20 Å². The molecule has 2 aromatic rings. The molecule has 1 aromatic carbocycles. The molecule has 2 rings (SSSR count). The molecule has 0 unspecified atom stereocenters. The van der Waals surface area contributed by atoms with Crippen LogP contribution in [0.3, 0.4) is 0 Å². The average molecular weight is 200 g/mol. The molecular weight excluding hydrogens is 188 g/mol. The Morgan fingerprint density at radius 2 is 1.93 bits per heavy atom. The van der Waals surface area contributed by atoms with Gasteiger partial charge < -0.3 is 11.5 Å². The van der Waals surface area contributed by atoms with Gasteiger partial charge in [-0.2, -0.15) is 0 Å². The van der Waals surface area contributed by atoms with Crippen LogP contribution in [0.5, 0.6) is 0 Å². The van der Waals surface area contributed by atoms with Crippen molar-refractivity contribution in [1.29, 1.82) is 0 Å². The summed E-state index contributed by atoms with van der Waals surface area (Å²) in [5.41, 5.74) is 14.0. The summed E-state index contributed by atoms with van der Waals surface area (Å²) in [5, 5.41) is 0. The van der Waals surface area contributed by atoms with Crippen LogP contribution in [0, 0.1) is 6.92 Å². The van der Waals surface area contributed by atoms with E-state index < -0.39 is 0 Å². The molecule has 0 aliphatic rings. The van der Waals surface area contributed by atoms with E-state index in [2.05, 4.69) is 9.97 Å². The predicted molar refractivity (Wildman–Crippen MR) is 61.0 cm³/mol. The van der Waals surface area contributed by atoms with Gasteiger partial charge in [-0.1, -0.05) is 23.8 Å². The second-order valence-corrected chi connectivity index (χ2v) is 3.40. The highest BCUT2D eigenvalue weighted by atomic mass is 15.0. The van der Waals surface area contributed by atoms with Crippen LogP contribution in [0.25, 0.3) is 11.3 Å². The number of hydrogen-bond donors (Lipinski definition) is 2. The second-order valence-electron chi connectivity index (χ2n) is 3.40. The maximum atomic E-state index is 5.60. The van der Waals surface area contributed by atoms with Crippen molar-refractivity contribution < 1.29 is 0 Å². The Labute approximate surface area is 88.0 Å². The third kappa shape index (κ3) is 1.88. The van der Waals surface area contributed by atoms with Crippen molar-refractivity contribution in [1.82, 2.24) is 9.97 Å². The Balaban J connectivity index is 2.50. The predicted octanol–water partition coefficient (Wildman–Crippen LogP) is 1.62. The van der Waals surface area contributed by atoms with Crippen LogP contribution in [0.4, 0.5) is 11.6 Å². The highest BCUT2D eigenvalue weighted by Gasteiger charge is 2.03. The number of nitrogens with zero attached hydrogens (tertiary/aromatic N) is 2. The Hall–Kier alpha value is -2.10. The summed E-state index contributed by atoms with van der Waals surface area (Å²) in [6, 6.07) is 7.99. The molecule has 1 heterocycles. The third-order valence-corrected chi connectivity index (χ3v) is 2.14. The zero-order valence-corrected chi connectivity index (χ0v) is 8.44. The minimum absolute atomic E-state index is 0.270. The van der Waals surface area contributed by atoms with E-state index in [0.717, 1.165) is 11.3 Å². The second kappa shape index (κ2) is 3.57. The summed E-state index contributed by atoms with van der Waals surface area (Å²) in [5.74, 6) is 0.542. The van der Waals surface area contributed by atoms with Gasteiger partial charge in [0.25, 0.3) is 0 Å². The van der Waals surface area contributed by atoms with Crippen LogP contribution in [0.15, 0.2) is 30.5 Å². The number of aromatic nitrogens is 2. The van der Waals surface area contributed by atoms with E-state index >= 15 is 0 Å². The van der Waals surface area contributed by atoms with Crippen molar-refractivity contribution >= 4 is 11.6 Å². The van der Waals surface area contributed by atoms with E-state index in [1.165, 1.54) is 5.56 Å². The lowest BCUT2D eigenvalue weighted by atomic mass is 10.1. The summed E-state index contributed by atoms with van der Waals surface area (Å²) < 4.78 is 0. The molecule has 15 heavy (non-hydrogen) atoms. The molecule has 4 N–H and O–H groups in total. The molecule has 4 nitrogen and oxygen atoms in total. The molecule has 1 aromatic heterocycles. The first kappa shape index (κ1) is 9.45. The average Bonchev–Trinajstić information content (AvgIpc) is 2.22. The molecule has 0 radical (unpaired) electrons. The van der Waals surface area contributed by atoms with E-state index in [0.29, 0.717) is 0 Å². The third-order valence-electron chi connectivity index (χ3n) is 2.14. The number of aryl methyl sites for hydroxylation is 1. The van der Waals surface area contributed by atoms with Crippen molar-refractivity contribution in [2.75, 3.05) is 11.5 Å². The van der Waals surface area contributed by atoms with Gasteiger partial charge in [0, 0.05) is 5.56 Å². The van der Waals surface area contributed by atoms with E-state index in [9.17, 15) is 0 Å². The lowest BCUT2D eigenvalue weighted by molar-refractivity contribution is 1.22. The van der Waals surface area contributed by atoms with Gasteiger partial charge in [-0.3, -0.25) is 0 Å². The molecular formula is C11H12N4. The maximum Gasteiger partial charge on any atom is 0.166 e. The van der Waals surface area contributed by atoms with Gasteiger partial charge in [-0.15, -0.1) is 0 Å². The minimum Gasteiger partial charge on any atom is -0.381 e. The molecule has 0 atom stereocenters. The highest BCUT2D eigenvalue weighted by Crippen LogP contribution is 2.19. The van der Waals surface area contributed by atoms with Gasteiger partial charge in [0.05, 0.1) is 11.9 Å². The fraction of sp³-hybridized carbons (Fsp3) is 0.0909. The van der Waals surface area contributed by atoms with Gasteiger partial charge in [-0.05, 0) is 13.0 Å². The van der Waals surface area contributed by atoms with Gasteiger partial charge >= 0.3 is 0 Å². The molecule has 0 aliphatic carbocycles. The number of nitrogens with two attached hydrogens (primary N) is 2. The van der Waals surface area contributed by atoms with Crippen molar-refractivity contribution in [3.63, 3.8) is 0 Å². The quantitative estimate of drug-likeness (QED) is 0.733. The normalized spacial score (nSPS) is 10.2. The van der Waals surface area contributed by atoms with Gasteiger partial charge in [0.1, 0.15) is 0 Å². The molecule has 0 bridgehead atoms. The molecule has 0 saturated heterocycles. The van der Waals surface area contributed by atoms with E-state index in [-0.39, 0.29) is 11.6 Å². The Kier molecular flexibility index (Phi) is 2.25. The van der Waals surface area contributed by atoms with E-state index in [1.807, 2.05) is 31.2 Å². The molecule has 0 amide bonds. The van der Waals surface area contributed by atoms with Crippen molar-refractivity contribution in [3.05, 3.63) is 36.0 Å². The molecule has 0 saturated carbocycles. The molecule has 4 heteroatoms. The number of rotatable bonds is 1. The standard InChI is InChI=1S/C11H12N4/c1-7-3-2-4-8(5-7)9-6-14-10(12)11(13)15-9/h2-6H,1H3,(H2,12,14)(H2,13,15). The van der Waals surface area contributed by atoms with E-state index in [4.69, 9.17) is 11.5 Å². The van der Waals surface area contributed by atoms with Crippen LogP contribution >= 0.6 is 0 Å². The largest absolute Gasteiger partial charge is 0.381 e. The number of benzene rings is 1. The van der Waals surface area contributed by atoms with Crippen LogP contribution in [0.2, 0.25) is 0 Å². The lowest BCUT2D eigenvalue weighted by Gasteiger charge is -2.03. The van der Waals surface area contributed by atoms with Crippen LogP contribution in [-0.4, -0.2) is 9.97 Å². The van der Waals surface area contributed by atoms with Gasteiger partial charge in [-0.25, -0.2) is 9.97 Å². The molecule has 0 fully saturated rings. The van der Waals surface area contributed by atoms with Crippen molar-refractivity contribution in [2.24, 2.45) is 0 Å². The highest BCUT2D eigenvalue weighted by molar-refractivity contribution is 5.64. The number of nitrogen functional groups attached to an aromatic ring is 2. The number of hydrogen-bond acceptors (Lipinski definition) is 4. The number of anilines is 2. The van der Waals surface area contributed by atoms with Crippen molar-refractivity contribution in [2.45, 2.75) is 6.92 Å². The zero-order valence-electron chi connectivity index (χ0n) is 8.44. The Bertz CT molecular complexity index is 494. The molecule has 0 aliphatic heterocycles. The van der Waals surface area contributed by atoms with Gasteiger partial charge in [0.15, 0.2) is 11.6 Å². The van der Waals surface area contributed by atoms with Crippen LogP contribution < -0.4 is 11.5 Å². The summed E-state index contributed by atoms with van der Waals surface area (Å²) in [4.78, 5) is 8.15.